The topological polar surface area (TPSA) is 75.4 Å². The molecule has 1 aromatic rings. The molecule has 5 heteroatoms. The van der Waals surface area contributed by atoms with Crippen molar-refractivity contribution in [2.75, 3.05) is 11.9 Å². The third kappa shape index (κ3) is 3.92. The Kier molecular flexibility index (Phi) is 5.76. The lowest BCUT2D eigenvalue weighted by atomic mass is 9.96. The summed E-state index contributed by atoms with van der Waals surface area (Å²) >= 11 is 0. The van der Waals surface area contributed by atoms with Crippen LogP contribution in [-0.4, -0.2) is 22.7 Å². The summed E-state index contributed by atoms with van der Waals surface area (Å²) in [5.41, 5.74) is 1.17. The van der Waals surface area contributed by atoms with Gasteiger partial charge in [-0.1, -0.05) is 38.8 Å². The highest BCUT2D eigenvalue weighted by molar-refractivity contribution is 5.65. The zero-order chi connectivity index (χ0) is 14.4. The Morgan fingerprint density at radius 1 is 1.37 bits per heavy atom. The minimum Gasteiger partial charge on any atom is -0.391 e. The summed E-state index contributed by atoms with van der Waals surface area (Å²) in [4.78, 5) is 10.6. The maximum Gasteiger partial charge on any atom is 0.295 e. The van der Waals surface area contributed by atoms with Gasteiger partial charge in [0.1, 0.15) is 5.69 Å². The zero-order valence-electron chi connectivity index (χ0n) is 11.7. The molecule has 0 aliphatic carbocycles. The van der Waals surface area contributed by atoms with Crippen LogP contribution < -0.4 is 5.32 Å². The van der Waals surface area contributed by atoms with E-state index < -0.39 is 6.10 Å². The van der Waals surface area contributed by atoms with Crippen molar-refractivity contribution < 1.29 is 10.0 Å². The molecule has 0 spiro atoms. The highest BCUT2D eigenvalue weighted by Crippen LogP contribution is 2.28. The van der Waals surface area contributed by atoms with Gasteiger partial charge in [-0.05, 0) is 18.9 Å². The number of hydrogen-bond acceptors (Lipinski definition) is 4. The van der Waals surface area contributed by atoms with E-state index in [1.54, 1.807) is 25.1 Å². The SMILES string of the molecule is CCC(CC)C(O)CNc1cccc(C)c1[N+](=O)[O-]. The van der Waals surface area contributed by atoms with E-state index >= 15 is 0 Å². The number of anilines is 1. The van der Waals surface area contributed by atoms with E-state index in [1.807, 2.05) is 13.8 Å². The summed E-state index contributed by atoms with van der Waals surface area (Å²) in [7, 11) is 0. The Balaban J connectivity index is 2.78. The number of nitro groups is 1. The number of benzene rings is 1. The third-order valence-corrected chi connectivity index (χ3v) is 3.51. The second-order valence-electron chi connectivity index (χ2n) is 4.75. The van der Waals surface area contributed by atoms with Crippen LogP contribution in [0.25, 0.3) is 0 Å². The molecule has 0 aromatic heterocycles. The van der Waals surface area contributed by atoms with Gasteiger partial charge in [-0.15, -0.1) is 0 Å². The van der Waals surface area contributed by atoms with Crippen molar-refractivity contribution in [3.8, 4) is 0 Å². The molecule has 5 nitrogen and oxygen atoms in total. The van der Waals surface area contributed by atoms with Crippen LogP contribution in [0.2, 0.25) is 0 Å². The molecule has 0 saturated carbocycles. The molecule has 0 radical (unpaired) electrons. The smallest absolute Gasteiger partial charge is 0.295 e. The van der Waals surface area contributed by atoms with Crippen LogP contribution in [0, 0.1) is 23.0 Å². The molecule has 0 aliphatic rings. The van der Waals surface area contributed by atoms with Crippen LogP contribution in [-0.2, 0) is 0 Å². The predicted molar refractivity (Wildman–Crippen MR) is 76.4 cm³/mol. The summed E-state index contributed by atoms with van der Waals surface area (Å²) in [5.74, 6) is 0.219. The first kappa shape index (κ1) is 15.4. The Bertz CT molecular complexity index is 431. The second-order valence-corrected chi connectivity index (χ2v) is 4.75. The van der Waals surface area contributed by atoms with E-state index in [0.717, 1.165) is 12.8 Å². The lowest BCUT2D eigenvalue weighted by Crippen LogP contribution is -2.27. The van der Waals surface area contributed by atoms with Gasteiger partial charge in [-0.2, -0.15) is 0 Å². The molecule has 2 N–H and O–H groups in total. The van der Waals surface area contributed by atoms with Crippen molar-refractivity contribution in [1.29, 1.82) is 0 Å². The lowest BCUT2D eigenvalue weighted by Gasteiger charge is -2.21. The number of rotatable bonds is 7. The van der Waals surface area contributed by atoms with Crippen LogP contribution in [0.5, 0.6) is 0 Å². The Morgan fingerprint density at radius 3 is 2.53 bits per heavy atom. The molecule has 0 bridgehead atoms. The Hall–Kier alpha value is -1.62. The maximum atomic E-state index is 11.0. The number of aliphatic hydroxyl groups excluding tert-OH is 1. The lowest BCUT2D eigenvalue weighted by molar-refractivity contribution is -0.384. The average Bonchev–Trinajstić information content (AvgIpc) is 2.37. The fraction of sp³-hybridized carbons (Fsp3) is 0.571. The fourth-order valence-corrected chi connectivity index (χ4v) is 2.26. The number of nitrogens with zero attached hydrogens (tertiary/aromatic N) is 1. The number of nitro benzene ring substituents is 1. The van der Waals surface area contributed by atoms with Gasteiger partial charge in [0.25, 0.3) is 5.69 Å². The van der Waals surface area contributed by atoms with Crippen molar-refractivity contribution in [1.82, 2.24) is 0 Å². The molecular weight excluding hydrogens is 244 g/mol. The van der Waals surface area contributed by atoms with E-state index in [4.69, 9.17) is 0 Å². The van der Waals surface area contributed by atoms with Gasteiger partial charge < -0.3 is 10.4 Å². The Labute approximate surface area is 113 Å². The molecule has 0 aliphatic heterocycles. The van der Waals surface area contributed by atoms with Crippen LogP contribution >= 0.6 is 0 Å². The quantitative estimate of drug-likeness (QED) is 0.587. The van der Waals surface area contributed by atoms with Gasteiger partial charge in [0.05, 0.1) is 11.0 Å². The number of aryl methyl sites for hydroxylation is 1. The molecule has 0 fully saturated rings. The molecule has 19 heavy (non-hydrogen) atoms. The minimum absolute atomic E-state index is 0.0826. The predicted octanol–water partition coefficient (Wildman–Crippen LogP) is 3.11. The molecule has 1 atom stereocenters. The van der Waals surface area contributed by atoms with E-state index in [1.165, 1.54) is 0 Å². The second kappa shape index (κ2) is 7.09. The Morgan fingerprint density at radius 2 is 2.00 bits per heavy atom. The molecule has 106 valence electrons. The first-order valence-electron chi connectivity index (χ1n) is 6.67. The normalized spacial score (nSPS) is 12.5. The van der Waals surface area contributed by atoms with Gasteiger partial charge in [0.2, 0.25) is 0 Å². The number of para-hydroxylation sites is 1. The monoisotopic (exact) mass is 266 g/mol. The zero-order valence-corrected chi connectivity index (χ0v) is 11.7. The molecular formula is C14H22N2O3. The van der Waals surface area contributed by atoms with Crippen molar-refractivity contribution in [3.63, 3.8) is 0 Å². The van der Waals surface area contributed by atoms with E-state index in [0.29, 0.717) is 17.8 Å². The average molecular weight is 266 g/mol. The van der Waals surface area contributed by atoms with Gasteiger partial charge in [-0.25, -0.2) is 0 Å². The van der Waals surface area contributed by atoms with Crippen molar-refractivity contribution in [2.45, 2.75) is 39.7 Å². The van der Waals surface area contributed by atoms with Crippen molar-refractivity contribution in [3.05, 3.63) is 33.9 Å². The first-order chi connectivity index (χ1) is 9.01. The van der Waals surface area contributed by atoms with Crippen molar-refractivity contribution in [2.24, 2.45) is 5.92 Å². The molecule has 1 aromatic carbocycles. The maximum absolute atomic E-state index is 11.0. The number of aliphatic hydroxyl groups is 1. The number of hydrogen-bond donors (Lipinski definition) is 2. The highest BCUT2D eigenvalue weighted by Gasteiger charge is 2.19. The largest absolute Gasteiger partial charge is 0.391 e. The van der Waals surface area contributed by atoms with Gasteiger partial charge >= 0.3 is 0 Å². The summed E-state index contributed by atoms with van der Waals surface area (Å²) in [6, 6.07) is 5.15. The fourth-order valence-electron chi connectivity index (χ4n) is 2.26. The van der Waals surface area contributed by atoms with Crippen LogP contribution in [0.4, 0.5) is 11.4 Å². The summed E-state index contributed by atoms with van der Waals surface area (Å²) in [6.07, 6.45) is 1.31. The van der Waals surface area contributed by atoms with Crippen LogP contribution in [0.1, 0.15) is 32.3 Å². The highest BCUT2D eigenvalue weighted by atomic mass is 16.6. The first-order valence-corrected chi connectivity index (χ1v) is 6.67. The van der Waals surface area contributed by atoms with Gasteiger partial charge in [0.15, 0.2) is 0 Å². The van der Waals surface area contributed by atoms with E-state index in [-0.39, 0.29) is 16.5 Å². The standard InChI is InChI=1S/C14H22N2O3/c1-4-11(5-2)13(17)9-15-12-8-6-7-10(3)14(12)16(18)19/h6-8,11,13,15,17H,4-5,9H2,1-3H3. The van der Waals surface area contributed by atoms with Gasteiger partial charge in [0, 0.05) is 12.1 Å². The molecule has 1 unspecified atom stereocenters. The molecule has 0 amide bonds. The number of nitrogens with one attached hydrogen (secondary N) is 1. The van der Waals surface area contributed by atoms with E-state index in [2.05, 4.69) is 5.32 Å². The summed E-state index contributed by atoms with van der Waals surface area (Å²) in [6.45, 7) is 6.11. The van der Waals surface area contributed by atoms with Gasteiger partial charge in [-0.3, -0.25) is 10.1 Å². The van der Waals surface area contributed by atoms with Crippen LogP contribution in [0.15, 0.2) is 18.2 Å². The molecule has 0 saturated heterocycles. The summed E-state index contributed by atoms with van der Waals surface area (Å²) < 4.78 is 0. The molecule has 1 rings (SSSR count). The van der Waals surface area contributed by atoms with Crippen LogP contribution in [0.3, 0.4) is 0 Å². The van der Waals surface area contributed by atoms with Crippen molar-refractivity contribution >= 4 is 11.4 Å². The van der Waals surface area contributed by atoms with E-state index in [9.17, 15) is 15.2 Å². The summed E-state index contributed by atoms with van der Waals surface area (Å²) in [5, 5.41) is 24.1. The third-order valence-electron chi connectivity index (χ3n) is 3.51. The minimum atomic E-state index is -0.491. The molecule has 0 heterocycles.